The van der Waals surface area contributed by atoms with Crippen molar-refractivity contribution in [1.82, 2.24) is 4.90 Å². The summed E-state index contributed by atoms with van der Waals surface area (Å²) in [6.07, 6.45) is 1.41. The van der Waals surface area contributed by atoms with Crippen LogP contribution in [0.15, 0.2) is 45.8 Å². The number of methoxy groups -OCH3 is 1. The van der Waals surface area contributed by atoms with Crippen molar-refractivity contribution >= 4 is 35.0 Å². The van der Waals surface area contributed by atoms with E-state index in [0.717, 1.165) is 0 Å². The van der Waals surface area contributed by atoms with Gasteiger partial charge in [-0.2, -0.15) is 0 Å². The highest BCUT2D eigenvalue weighted by molar-refractivity contribution is 6.30. The van der Waals surface area contributed by atoms with E-state index in [1.807, 2.05) is 19.0 Å². The Morgan fingerprint density at radius 1 is 1.23 bits per heavy atom. The smallest absolute Gasteiger partial charge is 0.204 e. The van der Waals surface area contributed by atoms with Crippen molar-refractivity contribution < 1.29 is 14.3 Å². The number of halogens is 2. The second-order valence-corrected chi connectivity index (χ2v) is 6.44. The predicted molar refractivity (Wildman–Crippen MR) is 106 cm³/mol. The van der Waals surface area contributed by atoms with Gasteiger partial charge in [0.05, 0.1) is 18.2 Å². The van der Waals surface area contributed by atoms with Gasteiger partial charge in [-0.25, -0.2) is 0 Å². The first-order valence-electron chi connectivity index (χ1n) is 7.67. The molecule has 0 spiro atoms. The van der Waals surface area contributed by atoms with Gasteiger partial charge in [-0.3, -0.25) is 4.79 Å². The highest BCUT2D eigenvalue weighted by Gasteiger charge is 2.20. The number of fused-ring (bicyclic) bond motifs is 1. The topological polar surface area (TPSA) is 62.9 Å². The summed E-state index contributed by atoms with van der Waals surface area (Å²) in [5.74, 6) is 0.306. The fourth-order valence-corrected chi connectivity index (χ4v) is 2.90. The zero-order valence-corrected chi connectivity index (χ0v) is 16.1. The largest absolute Gasteiger partial charge is 0.507 e. The molecule has 1 heterocycles. The van der Waals surface area contributed by atoms with Gasteiger partial charge in [-0.05, 0) is 31.8 Å². The Bertz CT molecular complexity index is 981. The Labute approximate surface area is 162 Å². The van der Waals surface area contributed by atoms with Crippen molar-refractivity contribution in [3.63, 3.8) is 0 Å². The first-order valence-corrected chi connectivity index (χ1v) is 8.05. The van der Waals surface area contributed by atoms with E-state index >= 15 is 0 Å². The third-order valence-corrected chi connectivity index (χ3v) is 4.19. The summed E-state index contributed by atoms with van der Waals surface area (Å²) < 4.78 is 11.1. The van der Waals surface area contributed by atoms with Crippen LogP contribution < -0.4 is 10.2 Å². The van der Waals surface area contributed by atoms with Crippen LogP contribution in [0.3, 0.4) is 0 Å². The normalized spacial score (nSPS) is 10.8. The molecule has 0 unspecified atom stereocenters. The van der Waals surface area contributed by atoms with E-state index < -0.39 is 0 Å². The second-order valence-electron chi connectivity index (χ2n) is 6.00. The van der Waals surface area contributed by atoms with Crippen LogP contribution in [0.4, 0.5) is 0 Å². The average molecular weight is 396 g/mol. The first kappa shape index (κ1) is 20.1. The molecule has 7 heteroatoms. The summed E-state index contributed by atoms with van der Waals surface area (Å²) in [7, 11) is 5.19. The summed E-state index contributed by atoms with van der Waals surface area (Å²) in [6, 6.07) is 8.39. The van der Waals surface area contributed by atoms with E-state index in [1.54, 1.807) is 24.3 Å². The van der Waals surface area contributed by atoms with Crippen molar-refractivity contribution in [3.8, 4) is 22.6 Å². The number of hydrogen-bond acceptors (Lipinski definition) is 5. The molecule has 0 saturated heterocycles. The molecular weight excluding hydrogens is 377 g/mol. The lowest BCUT2D eigenvalue weighted by Crippen LogP contribution is -2.13. The van der Waals surface area contributed by atoms with Crippen molar-refractivity contribution in [2.45, 2.75) is 6.54 Å². The monoisotopic (exact) mass is 395 g/mol. The highest BCUT2D eigenvalue weighted by atomic mass is 35.5. The number of nitrogens with zero attached hydrogens (tertiary/aromatic N) is 1. The van der Waals surface area contributed by atoms with Crippen LogP contribution in [0.5, 0.6) is 11.5 Å². The number of rotatable bonds is 4. The average Bonchev–Trinajstić information content (AvgIpc) is 2.58. The minimum absolute atomic E-state index is 0. The van der Waals surface area contributed by atoms with Crippen molar-refractivity contribution in [1.29, 1.82) is 0 Å². The molecule has 138 valence electrons. The Kier molecular flexibility index (Phi) is 6.18. The molecule has 1 N–H and O–H groups in total. The van der Waals surface area contributed by atoms with E-state index in [9.17, 15) is 9.90 Å². The molecule has 0 saturated carbocycles. The van der Waals surface area contributed by atoms with Crippen LogP contribution in [0.1, 0.15) is 5.56 Å². The van der Waals surface area contributed by atoms with Gasteiger partial charge in [0.2, 0.25) is 5.43 Å². The van der Waals surface area contributed by atoms with Gasteiger partial charge >= 0.3 is 0 Å². The van der Waals surface area contributed by atoms with Crippen molar-refractivity contribution in [2.24, 2.45) is 0 Å². The van der Waals surface area contributed by atoms with E-state index in [4.69, 9.17) is 20.8 Å². The maximum absolute atomic E-state index is 13.1. The zero-order valence-electron chi connectivity index (χ0n) is 14.6. The van der Waals surface area contributed by atoms with Gasteiger partial charge in [0.25, 0.3) is 0 Å². The van der Waals surface area contributed by atoms with Gasteiger partial charge in [0, 0.05) is 17.6 Å². The molecule has 0 amide bonds. The zero-order chi connectivity index (χ0) is 18.1. The van der Waals surface area contributed by atoms with Crippen LogP contribution in [0, 0.1) is 0 Å². The fourth-order valence-electron chi connectivity index (χ4n) is 2.77. The molecule has 0 bridgehead atoms. The Hall–Kier alpha value is -2.21. The third kappa shape index (κ3) is 3.65. The number of phenols is 1. The molecule has 0 fully saturated rings. The highest BCUT2D eigenvalue weighted by Crippen LogP contribution is 2.35. The third-order valence-electron chi connectivity index (χ3n) is 3.94. The van der Waals surface area contributed by atoms with Gasteiger partial charge in [0.15, 0.2) is 0 Å². The Balaban J connectivity index is 0.00000243. The maximum Gasteiger partial charge on any atom is 0.204 e. The number of aromatic hydroxyl groups is 1. The number of hydrogen-bond donors (Lipinski definition) is 1. The molecule has 26 heavy (non-hydrogen) atoms. The molecular formula is C19H19Cl2NO4. The van der Waals surface area contributed by atoms with Crippen molar-refractivity contribution in [2.75, 3.05) is 21.2 Å². The predicted octanol–water partition coefficient (Wildman–Crippen LogP) is 4.31. The minimum Gasteiger partial charge on any atom is -0.507 e. The molecule has 0 aliphatic carbocycles. The van der Waals surface area contributed by atoms with Gasteiger partial charge < -0.3 is 19.2 Å². The molecule has 0 radical (unpaired) electrons. The quantitative estimate of drug-likeness (QED) is 0.712. The molecule has 0 aliphatic rings. The molecule has 3 rings (SSSR count). The molecule has 0 atom stereocenters. The molecule has 3 aromatic rings. The van der Waals surface area contributed by atoms with Crippen LogP contribution >= 0.6 is 24.0 Å². The Morgan fingerprint density at radius 3 is 2.46 bits per heavy atom. The lowest BCUT2D eigenvalue weighted by atomic mass is 10.0. The van der Waals surface area contributed by atoms with Gasteiger partial charge in [-0.15, -0.1) is 12.4 Å². The summed E-state index contributed by atoms with van der Waals surface area (Å²) in [5.41, 5.74) is 1.75. The van der Waals surface area contributed by atoms with E-state index in [2.05, 4.69) is 0 Å². The van der Waals surface area contributed by atoms with Crippen LogP contribution in [0.25, 0.3) is 22.1 Å². The number of ether oxygens (including phenoxy) is 1. The molecule has 1 aromatic heterocycles. The maximum atomic E-state index is 13.1. The molecule has 2 aromatic carbocycles. The van der Waals surface area contributed by atoms with Crippen LogP contribution in [-0.2, 0) is 6.54 Å². The standard InChI is InChI=1S/C19H18ClNO4.ClH/c1-21(2)9-13-15(22)8-16(24-3)17-18(23)14(10-25-19(13)17)11-4-6-12(20)7-5-11;/h4-8,10,22H,9H2,1-3H3;1H. The summed E-state index contributed by atoms with van der Waals surface area (Å²) in [4.78, 5) is 15.0. The lowest BCUT2D eigenvalue weighted by Gasteiger charge is -2.15. The second kappa shape index (κ2) is 7.99. The SMILES string of the molecule is COc1cc(O)c(CN(C)C)c2occ(-c3ccc(Cl)cc3)c(=O)c12.Cl. The van der Waals surface area contributed by atoms with E-state index in [1.165, 1.54) is 19.4 Å². The van der Waals surface area contributed by atoms with E-state index in [-0.39, 0.29) is 29.3 Å². The summed E-state index contributed by atoms with van der Waals surface area (Å²) >= 11 is 5.91. The Morgan fingerprint density at radius 2 is 1.88 bits per heavy atom. The summed E-state index contributed by atoms with van der Waals surface area (Å²) in [5, 5.41) is 11.2. The van der Waals surface area contributed by atoms with E-state index in [0.29, 0.717) is 39.2 Å². The fraction of sp³-hybridized carbons (Fsp3) is 0.211. The minimum atomic E-state index is -0.222. The van der Waals surface area contributed by atoms with Crippen LogP contribution in [0.2, 0.25) is 5.02 Å². The first-order chi connectivity index (χ1) is 11.9. The van der Waals surface area contributed by atoms with Gasteiger partial charge in [0.1, 0.15) is 28.7 Å². The molecule has 0 aliphatic heterocycles. The summed E-state index contributed by atoms with van der Waals surface area (Å²) in [6.45, 7) is 0.426. The van der Waals surface area contributed by atoms with Crippen molar-refractivity contribution in [3.05, 3.63) is 57.4 Å². The lowest BCUT2D eigenvalue weighted by molar-refractivity contribution is 0.379. The van der Waals surface area contributed by atoms with Crippen LogP contribution in [-0.4, -0.2) is 31.2 Å². The number of benzene rings is 2. The molecule has 5 nitrogen and oxygen atoms in total. The van der Waals surface area contributed by atoms with Gasteiger partial charge in [-0.1, -0.05) is 23.7 Å². The number of phenolic OH excluding ortho intramolecular Hbond substituents is 1.